The second kappa shape index (κ2) is 49.0. The van der Waals surface area contributed by atoms with Crippen LogP contribution in [0.3, 0.4) is 0 Å². The van der Waals surface area contributed by atoms with Crippen molar-refractivity contribution in [2.45, 2.75) is 0 Å². The van der Waals surface area contributed by atoms with E-state index in [0.29, 0.717) is 8.15 Å². The zero-order valence-corrected chi connectivity index (χ0v) is 94.9. The topological polar surface area (TPSA) is 0 Å². The molecule has 0 heterocycles. The molecule has 0 aromatic carbocycles. The third-order valence-corrected chi connectivity index (χ3v) is 432. The molecule has 4 radical (unpaired) electrons. The van der Waals surface area contributed by atoms with Crippen LogP contribution in [0, 0.1) is 0 Å². The molecule has 0 aromatic heterocycles. The van der Waals surface area contributed by atoms with Crippen molar-refractivity contribution in [1.29, 1.82) is 0 Å². The van der Waals surface area contributed by atoms with E-state index < -0.39 is 35.1 Å². The van der Waals surface area contributed by atoms with Crippen molar-refractivity contribution >= 4 is 501 Å². The number of rotatable bonds is 30. The standard InChI is InChI=1S/B2H61P61/c1-33-34(2)50(35(3)4)58(51(36(5)6)37(7)8)62(59(52(38(9)10)39(11)12)53(40(13)14)41(15)16)63(60(54(42(17)18)43(19)20)55(44(21)22)45(23)24)61(56(46(25)26)47(27)28)57(48(29)30)49(31)32/h33H,3-32H2. The molecule has 0 aliphatic carbocycles. The van der Waals surface area contributed by atoms with Gasteiger partial charge in [0.05, 0.1) is 0 Å². The van der Waals surface area contributed by atoms with Gasteiger partial charge in [0.1, 0.15) is 15.1 Å². The van der Waals surface area contributed by atoms with E-state index in [1.807, 2.05) is 0 Å². The van der Waals surface area contributed by atoms with E-state index in [-0.39, 0.29) is 175 Å². The summed E-state index contributed by atoms with van der Waals surface area (Å²) in [5.74, 6) is 0. The second-order valence-corrected chi connectivity index (χ2v) is 261. The predicted octanol–water partition coefficient (Wildman–Crippen LogP) is 35.4. The van der Waals surface area contributed by atoms with Gasteiger partial charge in [-0.3, -0.25) is 0 Å². The highest BCUT2D eigenvalue weighted by Crippen LogP contribution is 3.49. The first-order valence-corrected chi connectivity index (χ1v) is 126. The van der Waals surface area contributed by atoms with E-state index in [0.717, 1.165) is 0 Å². The van der Waals surface area contributed by atoms with Crippen LogP contribution in [0.5, 0.6) is 0 Å². The molecule has 0 rings (SSSR count). The largest absolute Gasteiger partial charge is 0.152 e. The van der Waals surface area contributed by atoms with Crippen LogP contribution in [0.15, 0.2) is 0 Å². The van der Waals surface area contributed by atoms with Crippen LogP contribution >= 0.6 is 486 Å². The Morgan fingerprint density at radius 1 is 0.175 bits per heavy atom. The summed E-state index contributed by atoms with van der Waals surface area (Å²) in [5, 5.41) is 0. The van der Waals surface area contributed by atoms with Crippen LogP contribution in [0.1, 0.15) is 0 Å². The lowest BCUT2D eigenvalue weighted by molar-refractivity contribution is 4.32. The van der Waals surface area contributed by atoms with E-state index in [1.165, 1.54) is 0 Å². The van der Waals surface area contributed by atoms with Crippen LogP contribution in [-0.2, 0) is 0 Å². The van der Waals surface area contributed by atoms with Crippen molar-refractivity contribution in [3.8, 4) is 0 Å². The monoisotopic (exact) mass is 1970 g/mol. The van der Waals surface area contributed by atoms with Gasteiger partial charge in [-0.15, -0.1) is 275 Å². The van der Waals surface area contributed by atoms with Crippen molar-refractivity contribution < 1.29 is 0 Å². The Morgan fingerprint density at radius 3 is 0.365 bits per heavy atom. The smallest absolute Gasteiger partial charge is 0.121 e. The fraction of sp³-hybridized carbons (Fsp3) is 0. The quantitative estimate of drug-likeness (QED) is 0.0497. The average Bonchev–Trinajstić information content (AvgIpc) is 3.07. The second-order valence-electron chi connectivity index (χ2n) is 9.93. The van der Waals surface area contributed by atoms with E-state index in [4.69, 9.17) is 15.1 Å². The van der Waals surface area contributed by atoms with Gasteiger partial charge in [0, 0.05) is 0 Å². The molecule has 63 heteroatoms. The molecule has 0 aliphatic rings. The Kier molecular flexibility index (Phi) is 69.4. The number of hydrogen-bond donors (Lipinski definition) is 0. The average molecular weight is 1970 g/mol. The molecular formula is H61B2P61. The van der Waals surface area contributed by atoms with Gasteiger partial charge in [0.2, 0.25) is 0 Å². The predicted molar refractivity (Wildman–Crippen MR) is 519 cm³/mol. The van der Waals surface area contributed by atoms with Gasteiger partial charge in [-0.2, -0.15) is 8.15 Å². The molecule has 35 unspecified atom stereocenters. The minimum Gasteiger partial charge on any atom is -0.152 e. The van der Waals surface area contributed by atoms with Gasteiger partial charge in [-0.25, -0.2) is 0 Å². The zero-order valence-electron chi connectivity index (χ0n) is 32.4. The highest BCUT2D eigenvalue weighted by molar-refractivity contribution is 9.55. The molecular weight excluding hydrogens is 1910 g/mol. The van der Waals surface area contributed by atoms with E-state index in [1.54, 1.807) is 0 Å². The summed E-state index contributed by atoms with van der Waals surface area (Å²) in [6.45, 7) is -9.17. The lowest BCUT2D eigenvalue weighted by Crippen LogP contribution is -1.74. The van der Waals surface area contributed by atoms with Crippen LogP contribution in [0.25, 0.3) is 0 Å². The third-order valence-electron chi connectivity index (χ3n) is 5.50. The van der Waals surface area contributed by atoms with Gasteiger partial charge < -0.3 is 0 Å². The SMILES string of the molecule is [B]PP([B])P(P(P)P)P(P(P(P)P)P(P)P)P(P(P(P(P)P)P(P)P)P(P(P)P)P(P)P)P(P(P(P(P)P)P(P)P)P(P(P)P)P(P)P)P(P(P(P)P)P(P)P)P(P(P)P)P(P)P. The molecule has 0 aromatic rings. The first-order valence-electron chi connectivity index (χ1n) is 14.3. The van der Waals surface area contributed by atoms with Crippen molar-refractivity contribution in [1.82, 2.24) is 0 Å². The highest BCUT2D eigenvalue weighted by atomic mass is 33.6. The maximum absolute atomic E-state index is 7.87. The summed E-state index contributed by atoms with van der Waals surface area (Å²) in [4.78, 5) is 0. The summed E-state index contributed by atoms with van der Waals surface area (Å²) in [7, 11) is 121. The van der Waals surface area contributed by atoms with Crippen molar-refractivity contribution in [2.24, 2.45) is 0 Å². The normalized spacial score (nSPS) is 16.4. The number of hydrogen-bond acceptors (Lipinski definition) is 0. The van der Waals surface area contributed by atoms with Gasteiger partial charge in [-0.1, -0.05) is 0 Å². The summed E-state index contributed by atoms with van der Waals surface area (Å²) in [6.07, 6.45) is 0. The first kappa shape index (κ1) is 89.4. The van der Waals surface area contributed by atoms with Crippen LogP contribution in [0.2, 0.25) is 0 Å². The summed E-state index contributed by atoms with van der Waals surface area (Å²) >= 11 is 0. The van der Waals surface area contributed by atoms with Crippen LogP contribution in [-0.4, -0.2) is 15.1 Å². The lowest BCUT2D eigenvalue weighted by Gasteiger charge is -2.61. The molecule has 63 heavy (non-hydrogen) atoms. The first-order chi connectivity index (χ1) is 28.7. The van der Waals surface area contributed by atoms with Crippen molar-refractivity contribution in [3.63, 3.8) is 0 Å². The van der Waals surface area contributed by atoms with Crippen LogP contribution < -0.4 is 0 Å². The molecule has 0 amide bonds. The van der Waals surface area contributed by atoms with Gasteiger partial charge in [0.25, 0.3) is 0 Å². The van der Waals surface area contributed by atoms with Crippen LogP contribution in [0.4, 0.5) is 0 Å². The Morgan fingerprint density at radius 2 is 0.270 bits per heavy atom. The van der Waals surface area contributed by atoms with E-state index in [9.17, 15) is 0 Å². The molecule has 0 nitrogen and oxygen atoms in total. The Labute approximate surface area is 493 Å². The van der Waals surface area contributed by atoms with Crippen molar-refractivity contribution in [2.75, 3.05) is 0 Å². The fourth-order valence-corrected chi connectivity index (χ4v) is 888. The maximum atomic E-state index is 7.87. The Balaban J connectivity index is 11.0. The third kappa shape index (κ3) is 31.6. The zero-order chi connectivity index (χ0) is 50.0. The summed E-state index contributed by atoms with van der Waals surface area (Å²) < 4.78 is 0. The summed E-state index contributed by atoms with van der Waals surface area (Å²) in [6, 6.07) is 0. The molecule has 0 spiro atoms. The molecule has 35 atom stereocenters. The maximum Gasteiger partial charge on any atom is 0.121 e. The highest BCUT2D eigenvalue weighted by Gasteiger charge is 2.61. The molecule has 0 bridgehead atoms. The van der Waals surface area contributed by atoms with E-state index >= 15 is 0 Å². The molecule has 372 valence electrons. The molecule has 0 fully saturated rings. The van der Waals surface area contributed by atoms with Gasteiger partial charge in [0.15, 0.2) is 0 Å². The minimum absolute atomic E-state index is 0.255. The lowest BCUT2D eigenvalue weighted by atomic mass is 10.8. The fourth-order valence-electron chi connectivity index (χ4n) is 3.76. The molecule has 0 saturated carbocycles. The van der Waals surface area contributed by atoms with E-state index in [2.05, 4.69) is 268 Å². The van der Waals surface area contributed by atoms with Crippen molar-refractivity contribution in [3.05, 3.63) is 0 Å². The van der Waals surface area contributed by atoms with Gasteiger partial charge in [-0.05, 0) is 203 Å². The minimum atomic E-state index is -0.765. The summed E-state index contributed by atoms with van der Waals surface area (Å²) in [5.41, 5.74) is 0. The molecule has 0 N–H and O–H groups in total. The Hall–Kier alpha value is 26.4. The Bertz CT molecular complexity index is 1010. The molecule has 0 aliphatic heterocycles. The van der Waals surface area contributed by atoms with Gasteiger partial charge >= 0.3 is 0 Å². The molecule has 0 saturated heterocycles.